The second-order valence-corrected chi connectivity index (χ2v) is 6.18. The number of ether oxygens (including phenoxy) is 1. The monoisotopic (exact) mass is 357 g/mol. The van der Waals surface area contributed by atoms with Gasteiger partial charge in [0.1, 0.15) is 0 Å². The van der Waals surface area contributed by atoms with Crippen LogP contribution in [0.1, 0.15) is 42.4 Å². The Labute approximate surface area is 152 Å². The van der Waals surface area contributed by atoms with Crippen molar-refractivity contribution in [3.8, 4) is 0 Å². The molecule has 1 aromatic heterocycles. The van der Waals surface area contributed by atoms with Crippen molar-refractivity contribution in [3.05, 3.63) is 41.1 Å². The summed E-state index contributed by atoms with van der Waals surface area (Å²) in [7, 11) is 0. The van der Waals surface area contributed by atoms with Gasteiger partial charge in [0, 0.05) is 11.4 Å². The lowest BCUT2D eigenvalue weighted by Gasteiger charge is -2.13. The molecule has 0 radical (unpaired) electrons. The fraction of sp³-hybridized carbons (Fsp3) is 0.368. The Morgan fingerprint density at radius 2 is 1.88 bits per heavy atom. The van der Waals surface area contributed by atoms with E-state index in [0.29, 0.717) is 17.7 Å². The average molecular weight is 357 g/mol. The molecule has 0 saturated carbocycles. The average Bonchev–Trinajstić information content (AvgIpc) is 2.58. The SMILES string of the molecule is CCc1nc2ccccc2c(C)c1C(=O)OCC(=O)NC(=O)NC(C)C. The number of fused-ring (bicyclic) bond motifs is 1. The standard InChI is InChI=1S/C19H23N3O4/c1-5-14-17(12(4)13-8-6-7-9-15(13)21-14)18(24)26-10-16(23)22-19(25)20-11(2)3/h6-9,11H,5,10H2,1-4H3,(H2,20,22,23,25). The Balaban J connectivity index is 2.13. The van der Waals surface area contributed by atoms with Gasteiger partial charge >= 0.3 is 12.0 Å². The molecule has 0 fully saturated rings. The predicted molar refractivity (Wildman–Crippen MR) is 98.0 cm³/mol. The molecule has 138 valence electrons. The maximum absolute atomic E-state index is 12.5. The smallest absolute Gasteiger partial charge is 0.340 e. The number of benzene rings is 1. The van der Waals surface area contributed by atoms with E-state index in [1.54, 1.807) is 13.8 Å². The summed E-state index contributed by atoms with van der Waals surface area (Å²) in [6.45, 7) is 6.73. The Kier molecular flexibility index (Phi) is 6.27. The van der Waals surface area contributed by atoms with Gasteiger partial charge in [0.2, 0.25) is 0 Å². The fourth-order valence-electron chi connectivity index (χ4n) is 2.63. The number of pyridine rings is 1. The van der Waals surface area contributed by atoms with E-state index in [2.05, 4.69) is 15.6 Å². The van der Waals surface area contributed by atoms with Crippen molar-refractivity contribution in [1.29, 1.82) is 0 Å². The summed E-state index contributed by atoms with van der Waals surface area (Å²) in [5, 5.41) is 5.49. The third-order valence-corrected chi connectivity index (χ3v) is 3.77. The zero-order valence-corrected chi connectivity index (χ0v) is 15.4. The van der Waals surface area contributed by atoms with E-state index >= 15 is 0 Å². The molecule has 0 unspecified atom stereocenters. The minimum Gasteiger partial charge on any atom is -0.452 e. The summed E-state index contributed by atoms with van der Waals surface area (Å²) in [5.41, 5.74) is 2.55. The lowest BCUT2D eigenvalue weighted by molar-refractivity contribution is -0.123. The Morgan fingerprint density at radius 3 is 2.54 bits per heavy atom. The molecular formula is C19H23N3O4. The zero-order valence-electron chi connectivity index (χ0n) is 15.4. The van der Waals surface area contributed by atoms with Crippen molar-refractivity contribution in [3.63, 3.8) is 0 Å². The van der Waals surface area contributed by atoms with Crippen molar-refractivity contribution < 1.29 is 19.1 Å². The molecule has 26 heavy (non-hydrogen) atoms. The third kappa shape index (κ3) is 4.56. The topological polar surface area (TPSA) is 97.4 Å². The Morgan fingerprint density at radius 1 is 1.19 bits per heavy atom. The molecule has 0 bridgehead atoms. The summed E-state index contributed by atoms with van der Waals surface area (Å²) < 4.78 is 5.10. The molecule has 0 aliphatic heterocycles. The van der Waals surface area contributed by atoms with Gasteiger partial charge in [-0.05, 0) is 38.8 Å². The minimum atomic E-state index is -0.694. The minimum absolute atomic E-state index is 0.108. The molecule has 0 aliphatic carbocycles. The number of nitrogens with one attached hydrogen (secondary N) is 2. The first kappa shape index (κ1) is 19.4. The van der Waals surface area contributed by atoms with E-state index in [4.69, 9.17) is 4.74 Å². The van der Waals surface area contributed by atoms with Crippen LogP contribution in [0.3, 0.4) is 0 Å². The first-order valence-corrected chi connectivity index (χ1v) is 8.49. The zero-order chi connectivity index (χ0) is 19.3. The van der Waals surface area contributed by atoms with Crippen LogP contribution in [0.2, 0.25) is 0 Å². The number of hydrogen-bond donors (Lipinski definition) is 2. The van der Waals surface area contributed by atoms with Crippen LogP contribution in [-0.4, -0.2) is 35.5 Å². The summed E-state index contributed by atoms with van der Waals surface area (Å²) in [5.74, 6) is -1.32. The van der Waals surface area contributed by atoms with Crippen LogP contribution in [0.5, 0.6) is 0 Å². The molecule has 1 heterocycles. The van der Waals surface area contributed by atoms with Gasteiger partial charge in [-0.15, -0.1) is 0 Å². The van der Waals surface area contributed by atoms with Gasteiger partial charge in [-0.1, -0.05) is 25.1 Å². The number of carbonyl (C=O) groups excluding carboxylic acids is 3. The molecule has 7 nitrogen and oxygen atoms in total. The maximum Gasteiger partial charge on any atom is 0.340 e. The number of urea groups is 1. The number of amides is 3. The number of rotatable bonds is 5. The van der Waals surface area contributed by atoms with Crippen LogP contribution < -0.4 is 10.6 Å². The second-order valence-electron chi connectivity index (χ2n) is 6.18. The van der Waals surface area contributed by atoms with Crippen LogP contribution in [0, 0.1) is 6.92 Å². The number of nitrogens with zero attached hydrogens (tertiary/aromatic N) is 1. The second kappa shape index (κ2) is 8.42. The predicted octanol–water partition coefficient (Wildman–Crippen LogP) is 2.50. The maximum atomic E-state index is 12.5. The van der Waals surface area contributed by atoms with Crippen LogP contribution >= 0.6 is 0 Å². The highest BCUT2D eigenvalue weighted by atomic mass is 16.5. The number of aryl methyl sites for hydroxylation is 2. The number of aromatic nitrogens is 1. The number of carbonyl (C=O) groups is 3. The molecule has 0 aliphatic rings. The van der Waals surface area contributed by atoms with Crippen molar-refractivity contribution in [2.24, 2.45) is 0 Å². The van der Waals surface area contributed by atoms with E-state index in [-0.39, 0.29) is 6.04 Å². The summed E-state index contributed by atoms with van der Waals surface area (Å²) >= 11 is 0. The highest BCUT2D eigenvalue weighted by Gasteiger charge is 2.20. The van der Waals surface area contributed by atoms with Crippen molar-refractivity contribution >= 4 is 28.8 Å². The molecular weight excluding hydrogens is 334 g/mol. The van der Waals surface area contributed by atoms with Gasteiger partial charge in [-0.3, -0.25) is 15.1 Å². The molecule has 0 spiro atoms. The number of imide groups is 1. The van der Waals surface area contributed by atoms with Crippen molar-refractivity contribution in [2.45, 2.75) is 40.2 Å². The first-order valence-electron chi connectivity index (χ1n) is 8.49. The molecule has 2 N–H and O–H groups in total. The third-order valence-electron chi connectivity index (χ3n) is 3.77. The van der Waals surface area contributed by atoms with E-state index in [1.807, 2.05) is 38.1 Å². The normalized spacial score (nSPS) is 10.7. The highest BCUT2D eigenvalue weighted by molar-refractivity contribution is 6.00. The van der Waals surface area contributed by atoms with Crippen molar-refractivity contribution in [1.82, 2.24) is 15.6 Å². The molecule has 7 heteroatoms. The quantitative estimate of drug-likeness (QED) is 0.801. The molecule has 0 atom stereocenters. The van der Waals surface area contributed by atoms with Crippen LogP contribution in [0.4, 0.5) is 4.79 Å². The van der Waals surface area contributed by atoms with Gasteiger partial charge in [-0.2, -0.15) is 0 Å². The van der Waals surface area contributed by atoms with E-state index in [1.165, 1.54) is 0 Å². The summed E-state index contributed by atoms with van der Waals surface area (Å²) in [6.07, 6.45) is 0.555. The largest absolute Gasteiger partial charge is 0.452 e. The molecule has 2 aromatic rings. The molecule has 1 aromatic carbocycles. The van der Waals surface area contributed by atoms with Gasteiger partial charge in [-0.25, -0.2) is 9.59 Å². The lowest BCUT2D eigenvalue weighted by Crippen LogP contribution is -2.44. The summed E-state index contributed by atoms with van der Waals surface area (Å²) in [6, 6.07) is 6.80. The highest BCUT2D eigenvalue weighted by Crippen LogP contribution is 2.24. The van der Waals surface area contributed by atoms with E-state index in [0.717, 1.165) is 16.5 Å². The van der Waals surface area contributed by atoms with Gasteiger partial charge in [0.05, 0.1) is 16.8 Å². The summed E-state index contributed by atoms with van der Waals surface area (Å²) in [4.78, 5) is 40.3. The van der Waals surface area contributed by atoms with Gasteiger partial charge in [0.25, 0.3) is 5.91 Å². The lowest BCUT2D eigenvalue weighted by atomic mass is 10.0. The van der Waals surface area contributed by atoms with Crippen molar-refractivity contribution in [2.75, 3.05) is 6.61 Å². The number of para-hydroxylation sites is 1. The van der Waals surface area contributed by atoms with Crippen LogP contribution in [0.25, 0.3) is 10.9 Å². The first-order chi connectivity index (χ1) is 12.3. The van der Waals surface area contributed by atoms with Gasteiger partial charge < -0.3 is 10.1 Å². The Hall–Kier alpha value is -2.96. The Bertz CT molecular complexity index is 846. The van der Waals surface area contributed by atoms with Gasteiger partial charge in [0.15, 0.2) is 6.61 Å². The van der Waals surface area contributed by atoms with Crippen LogP contribution in [-0.2, 0) is 16.0 Å². The number of esters is 1. The molecule has 2 rings (SSSR count). The fourth-order valence-corrected chi connectivity index (χ4v) is 2.63. The van der Waals surface area contributed by atoms with E-state index < -0.39 is 24.5 Å². The van der Waals surface area contributed by atoms with E-state index in [9.17, 15) is 14.4 Å². The molecule has 3 amide bonds. The number of hydrogen-bond acceptors (Lipinski definition) is 5. The van der Waals surface area contributed by atoms with Crippen LogP contribution in [0.15, 0.2) is 24.3 Å². The molecule has 0 saturated heterocycles.